The Hall–Kier alpha value is -2.42. The Balaban J connectivity index is 1.72. The molecule has 0 bridgehead atoms. The predicted molar refractivity (Wildman–Crippen MR) is 81.6 cm³/mol. The van der Waals surface area contributed by atoms with E-state index >= 15 is 0 Å². The first-order chi connectivity index (χ1) is 11.1. The second kappa shape index (κ2) is 6.37. The zero-order chi connectivity index (χ0) is 16.4. The minimum Gasteiger partial charge on any atom is -0.454 e. The molecule has 122 valence electrons. The Morgan fingerprint density at radius 3 is 2.91 bits per heavy atom. The van der Waals surface area contributed by atoms with Crippen LogP contribution in [-0.4, -0.2) is 23.2 Å². The van der Waals surface area contributed by atoms with Crippen molar-refractivity contribution >= 4 is 23.4 Å². The number of benzene rings is 1. The summed E-state index contributed by atoms with van der Waals surface area (Å²) < 4.78 is 16.7. The van der Waals surface area contributed by atoms with Gasteiger partial charge in [-0.15, -0.1) is 0 Å². The molecule has 1 aliphatic heterocycles. The Labute approximate surface area is 135 Å². The van der Waals surface area contributed by atoms with Gasteiger partial charge in [0.15, 0.2) is 18.5 Å². The second-order valence-corrected chi connectivity index (χ2v) is 6.11. The number of nitrogens with one attached hydrogen (secondary N) is 2. The molecule has 0 saturated heterocycles. The van der Waals surface area contributed by atoms with E-state index in [1.807, 2.05) is 6.92 Å². The van der Waals surface area contributed by atoms with Gasteiger partial charge in [-0.05, 0) is 35.6 Å². The summed E-state index contributed by atoms with van der Waals surface area (Å²) in [7, 11) is 1.65. The monoisotopic (exact) mass is 338 g/mol. The smallest absolute Gasteiger partial charge is 0.441 e. The molecule has 2 N–H and O–H groups in total. The number of carbonyl (C=O) groups is 1. The summed E-state index contributed by atoms with van der Waals surface area (Å²) in [6.45, 7) is 2.06. The highest BCUT2D eigenvalue weighted by atomic mass is 32.2. The molecule has 1 atom stereocenters. The van der Waals surface area contributed by atoms with Crippen molar-refractivity contribution in [2.24, 2.45) is 7.05 Å². The summed E-state index contributed by atoms with van der Waals surface area (Å²) >= 11 is 1.16. The quantitative estimate of drug-likeness (QED) is 0.624. The number of carbonyl (C=O) groups excluding carboxylic acids is 1. The zero-order valence-corrected chi connectivity index (χ0v) is 13.4. The highest BCUT2D eigenvalue weighted by Crippen LogP contribution is 2.34. The van der Waals surface area contributed by atoms with E-state index in [1.165, 1.54) is 4.68 Å². The first-order valence-electron chi connectivity index (χ1n) is 7.03. The normalized spacial score (nSPS) is 13.8. The van der Waals surface area contributed by atoms with Crippen LogP contribution in [0.5, 0.6) is 11.5 Å². The Kier molecular flexibility index (Phi) is 4.28. The number of rotatable bonds is 5. The molecule has 1 aromatic heterocycles. The predicted octanol–water partition coefficient (Wildman–Crippen LogP) is 1.03. The lowest BCUT2D eigenvalue weighted by Gasteiger charge is -2.12. The van der Waals surface area contributed by atoms with Gasteiger partial charge in [0.2, 0.25) is 12.7 Å². The summed E-state index contributed by atoms with van der Waals surface area (Å²) in [4.78, 5) is 24.0. The number of aromatic nitrogens is 2. The fourth-order valence-corrected chi connectivity index (χ4v) is 3.05. The van der Waals surface area contributed by atoms with Crippen LogP contribution in [0.1, 0.15) is 13.3 Å². The number of H-pyrrole nitrogens is 1. The molecule has 0 spiro atoms. The lowest BCUT2D eigenvalue weighted by atomic mass is 10.2. The fraction of sp³-hybridized carbons (Fsp3) is 0.357. The zero-order valence-electron chi connectivity index (χ0n) is 12.6. The number of thioether (sulfide) groups is 1. The lowest BCUT2D eigenvalue weighted by Crippen LogP contribution is -2.35. The van der Waals surface area contributed by atoms with Gasteiger partial charge in [-0.2, -0.15) is 0 Å². The number of aromatic amines is 1. The Bertz CT molecular complexity index is 785. The van der Waals surface area contributed by atoms with Gasteiger partial charge in [-0.3, -0.25) is 9.32 Å². The molecule has 8 nitrogen and oxygen atoms in total. The third-order valence-corrected chi connectivity index (χ3v) is 4.81. The Morgan fingerprint density at radius 1 is 1.43 bits per heavy atom. The SMILES string of the molecule is CCC(Sc1c(=O)o[nH][n+]1C)C(=O)Nc1ccc2c(c1)OCO2. The van der Waals surface area contributed by atoms with Gasteiger partial charge >= 0.3 is 10.7 Å². The summed E-state index contributed by atoms with van der Waals surface area (Å²) in [5, 5.41) is 5.18. The average molecular weight is 338 g/mol. The van der Waals surface area contributed by atoms with Crippen molar-refractivity contribution < 1.29 is 23.5 Å². The van der Waals surface area contributed by atoms with E-state index in [0.29, 0.717) is 28.6 Å². The van der Waals surface area contributed by atoms with E-state index in [9.17, 15) is 9.59 Å². The minimum atomic E-state index is -0.494. The van der Waals surface area contributed by atoms with E-state index in [1.54, 1.807) is 25.2 Å². The van der Waals surface area contributed by atoms with Crippen molar-refractivity contribution in [3.8, 4) is 11.5 Å². The molecule has 1 aromatic carbocycles. The summed E-state index contributed by atoms with van der Waals surface area (Å²) in [5.41, 5.74) is 0.121. The summed E-state index contributed by atoms with van der Waals surface area (Å²) in [5.74, 6) is 1.06. The summed E-state index contributed by atoms with van der Waals surface area (Å²) in [6.07, 6.45) is 0.561. The third kappa shape index (κ3) is 3.19. The van der Waals surface area contributed by atoms with E-state index in [-0.39, 0.29) is 12.7 Å². The van der Waals surface area contributed by atoms with Crippen LogP contribution in [0.3, 0.4) is 0 Å². The number of aryl methyl sites for hydroxylation is 1. The number of nitrogens with zero attached hydrogens (tertiary/aromatic N) is 1. The molecule has 2 aromatic rings. The minimum absolute atomic E-state index is 0.180. The number of anilines is 1. The molecule has 1 unspecified atom stereocenters. The van der Waals surface area contributed by atoms with Gasteiger partial charge in [0.25, 0.3) is 0 Å². The lowest BCUT2D eigenvalue weighted by molar-refractivity contribution is -0.772. The maximum Gasteiger partial charge on any atom is 0.441 e. The first kappa shape index (κ1) is 15.5. The van der Waals surface area contributed by atoms with Crippen LogP contribution in [0, 0.1) is 0 Å². The standard InChI is InChI=1S/C14H15N3O5S/c1-3-11(23-13-14(19)22-16-17(13)2)12(18)15-8-4-5-9-10(6-8)21-7-20-9/h4-6,11H,3,7H2,1-2H3,(H-,15,16,18,19)/p+1. The van der Waals surface area contributed by atoms with Crippen LogP contribution in [0.4, 0.5) is 5.69 Å². The molecule has 0 fully saturated rings. The number of hydrogen-bond acceptors (Lipinski definition) is 6. The molecular formula is C14H16N3O5S+. The molecule has 3 rings (SSSR count). The van der Waals surface area contributed by atoms with Crippen LogP contribution >= 0.6 is 11.8 Å². The van der Waals surface area contributed by atoms with Crippen molar-refractivity contribution in [3.05, 3.63) is 28.6 Å². The van der Waals surface area contributed by atoms with Gasteiger partial charge < -0.3 is 14.8 Å². The number of hydrogen-bond donors (Lipinski definition) is 2. The molecule has 1 amide bonds. The highest BCUT2D eigenvalue weighted by Gasteiger charge is 2.27. The fourth-order valence-electron chi connectivity index (χ4n) is 2.11. The largest absolute Gasteiger partial charge is 0.454 e. The van der Waals surface area contributed by atoms with E-state index in [0.717, 1.165) is 11.8 Å². The van der Waals surface area contributed by atoms with Crippen molar-refractivity contribution in [1.82, 2.24) is 5.27 Å². The van der Waals surface area contributed by atoms with Crippen molar-refractivity contribution in [3.63, 3.8) is 0 Å². The molecule has 0 radical (unpaired) electrons. The maximum atomic E-state index is 12.4. The van der Waals surface area contributed by atoms with E-state index in [2.05, 4.69) is 15.1 Å². The van der Waals surface area contributed by atoms with Crippen LogP contribution in [-0.2, 0) is 11.8 Å². The Morgan fingerprint density at radius 2 is 2.22 bits per heavy atom. The van der Waals surface area contributed by atoms with Crippen LogP contribution in [0.25, 0.3) is 0 Å². The molecule has 2 heterocycles. The van der Waals surface area contributed by atoms with Crippen molar-refractivity contribution in [2.75, 3.05) is 12.1 Å². The molecule has 0 aliphatic carbocycles. The molecule has 1 aliphatic rings. The van der Waals surface area contributed by atoms with Gasteiger partial charge in [-0.1, -0.05) is 11.6 Å². The topological polar surface area (TPSA) is 97.4 Å². The van der Waals surface area contributed by atoms with Gasteiger partial charge in [0.1, 0.15) is 0 Å². The second-order valence-electron chi connectivity index (χ2n) is 4.92. The van der Waals surface area contributed by atoms with E-state index in [4.69, 9.17) is 9.47 Å². The third-order valence-electron chi connectivity index (χ3n) is 3.31. The number of ether oxygens (including phenoxy) is 2. The number of amides is 1. The van der Waals surface area contributed by atoms with Crippen LogP contribution in [0.2, 0.25) is 0 Å². The highest BCUT2D eigenvalue weighted by molar-refractivity contribution is 8.00. The van der Waals surface area contributed by atoms with Crippen LogP contribution < -0.4 is 25.1 Å². The van der Waals surface area contributed by atoms with Crippen molar-refractivity contribution in [2.45, 2.75) is 23.6 Å². The van der Waals surface area contributed by atoms with Crippen molar-refractivity contribution in [1.29, 1.82) is 0 Å². The first-order valence-corrected chi connectivity index (χ1v) is 7.91. The average Bonchev–Trinajstić information content (AvgIpc) is 3.12. The molecule has 9 heteroatoms. The van der Waals surface area contributed by atoms with Gasteiger partial charge in [0, 0.05) is 11.8 Å². The van der Waals surface area contributed by atoms with Gasteiger partial charge in [-0.25, -0.2) is 4.79 Å². The maximum absolute atomic E-state index is 12.4. The number of fused-ring (bicyclic) bond motifs is 1. The van der Waals surface area contributed by atoms with E-state index < -0.39 is 10.9 Å². The summed E-state index contributed by atoms with van der Waals surface area (Å²) in [6, 6.07) is 5.20. The van der Waals surface area contributed by atoms with Crippen LogP contribution in [0.15, 0.2) is 32.5 Å². The molecule has 23 heavy (non-hydrogen) atoms. The van der Waals surface area contributed by atoms with Gasteiger partial charge in [0.05, 0.1) is 5.25 Å². The molecular weight excluding hydrogens is 322 g/mol. The molecule has 0 saturated carbocycles.